The van der Waals surface area contributed by atoms with Crippen LogP contribution in [0.15, 0.2) is 53.4 Å². The van der Waals surface area contributed by atoms with Crippen LogP contribution in [-0.4, -0.2) is 32.3 Å². The Labute approximate surface area is 147 Å². The summed E-state index contributed by atoms with van der Waals surface area (Å²) < 4.78 is 27.6. The first kappa shape index (κ1) is 17.1. The fourth-order valence-electron chi connectivity index (χ4n) is 3.11. The number of sulfonamides is 1. The van der Waals surface area contributed by atoms with Crippen LogP contribution in [0.2, 0.25) is 5.02 Å². The van der Waals surface area contributed by atoms with E-state index in [0.29, 0.717) is 16.4 Å². The Hall–Kier alpha value is -1.76. The average molecular weight is 367 g/mol. The molecule has 1 N–H and O–H groups in total. The van der Waals surface area contributed by atoms with Gasteiger partial charge in [-0.05, 0) is 44.2 Å². The molecule has 1 aliphatic heterocycles. The minimum atomic E-state index is -3.74. The molecule has 7 heteroatoms. The lowest BCUT2D eigenvalue weighted by molar-refractivity contribution is 0.178. The van der Waals surface area contributed by atoms with Crippen LogP contribution < -0.4 is 9.21 Å². The summed E-state index contributed by atoms with van der Waals surface area (Å²) in [6.07, 6.45) is -0.711. The zero-order valence-electron chi connectivity index (χ0n) is 13.4. The van der Waals surface area contributed by atoms with E-state index in [1.807, 2.05) is 24.0 Å². The van der Waals surface area contributed by atoms with Crippen molar-refractivity contribution in [2.24, 2.45) is 0 Å². The van der Waals surface area contributed by atoms with Crippen molar-refractivity contribution in [3.63, 3.8) is 0 Å². The number of fused-ring (bicyclic) bond motifs is 1. The Morgan fingerprint density at radius 3 is 2.46 bits per heavy atom. The number of benzene rings is 2. The highest BCUT2D eigenvalue weighted by molar-refractivity contribution is 7.92. The van der Waals surface area contributed by atoms with E-state index < -0.39 is 16.3 Å². The Balaban J connectivity index is 2.13. The van der Waals surface area contributed by atoms with E-state index in [2.05, 4.69) is 0 Å². The van der Waals surface area contributed by atoms with Gasteiger partial charge in [0, 0.05) is 11.1 Å². The van der Waals surface area contributed by atoms with Gasteiger partial charge in [-0.1, -0.05) is 29.8 Å². The number of para-hydroxylation sites is 2. The lowest BCUT2D eigenvalue weighted by Crippen LogP contribution is -2.52. The topological polar surface area (TPSA) is 60.9 Å². The van der Waals surface area contributed by atoms with Crippen molar-refractivity contribution in [2.45, 2.75) is 31.0 Å². The normalized spacial score (nSPS) is 19.1. The first-order valence-corrected chi connectivity index (χ1v) is 9.48. The molecule has 3 rings (SSSR count). The maximum atomic E-state index is 13.1. The van der Waals surface area contributed by atoms with Crippen molar-refractivity contribution in [2.75, 3.05) is 15.7 Å². The van der Waals surface area contributed by atoms with E-state index in [1.54, 1.807) is 31.2 Å². The summed E-state index contributed by atoms with van der Waals surface area (Å²) in [6, 6.07) is 13.3. The second-order valence-corrected chi connectivity index (χ2v) is 8.17. The third-order valence-corrected chi connectivity index (χ3v) is 6.13. The molecule has 0 bridgehead atoms. The number of hydrogen-bond donors (Lipinski definition) is 1. The minimum absolute atomic E-state index is 0.155. The van der Waals surface area contributed by atoms with Gasteiger partial charge in [0.05, 0.1) is 22.8 Å². The fraction of sp³-hybridized carbons (Fsp3) is 0.294. The summed E-state index contributed by atoms with van der Waals surface area (Å²) >= 11 is 5.96. The molecule has 0 saturated heterocycles. The smallest absolute Gasteiger partial charge is 0.264 e. The van der Waals surface area contributed by atoms with E-state index >= 15 is 0 Å². The lowest BCUT2D eigenvalue weighted by atomic mass is 10.1. The molecule has 0 amide bonds. The second kappa shape index (κ2) is 6.27. The van der Waals surface area contributed by atoms with Crippen LogP contribution in [0.1, 0.15) is 13.8 Å². The summed E-state index contributed by atoms with van der Waals surface area (Å²) in [5.41, 5.74) is 1.24. The van der Waals surface area contributed by atoms with Crippen LogP contribution in [-0.2, 0) is 10.0 Å². The SMILES string of the molecule is CC(O)N1c2ccccc2N(S(=O)(=O)c2cccc(Cl)c2)C[C@@H]1C. The standard InChI is InChI=1S/C17H19ClN2O3S/c1-12-11-19(24(22,23)15-7-5-6-14(18)10-15)16-8-3-4-9-17(16)20(12)13(2)21/h3-10,12-13,21H,11H2,1-2H3/t12-,13?/m0/s1. The number of halogens is 1. The summed E-state index contributed by atoms with van der Waals surface area (Å²) in [4.78, 5) is 1.97. The van der Waals surface area contributed by atoms with Crippen molar-refractivity contribution >= 4 is 33.0 Å². The van der Waals surface area contributed by atoms with Crippen LogP contribution in [0.3, 0.4) is 0 Å². The van der Waals surface area contributed by atoms with Gasteiger partial charge in [0.1, 0.15) is 6.23 Å². The molecule has 1 unspecified atom stereocenters. The average Bonchev–Trinajstić information content (AvgIpc) is 2.53. The number of nitrogens with zero attached hydrogens (tertiary/aromatic N) is 2. The third-order valence-electron chi connectivity index (χ3n) is 4.12. The van der Waals surface area contributed by atoms with Crippen molar-refractivity contribution in [3.8, 4) is 0 Å². The van der Waals surface area contributed by atoms with Gasteiger partial charge in [-0.15, -0.1) is 0 Å². The monoisotopic (exact) mass is 366 g/mol. The van der Waals surface area contributed by atoms with Crippen LogP contribution in [0.5, 0.6) is 0 Å². The zero-order chi connectivity index (χ0) is 17.5. The zero-order valence-corrected chi connectivity index (χ0v) is 15.0. The van der Waals surface area contributed by atoms with Crippen LogP contribution >= 0.6 is 11.6 Å². The Morgan fingerprint density at radius 2 is 1.83 bits per heavy atom. The molecule has 2 aromatic rings. The predicted octanol–water partition coefficient (Wildman–Crippen LogP) is 3.08. The summed E-state index contributed by atoms with van der Waals surface area (Å²) in [6.45, 7) is 3.81. The molecule has 1 aliphatic rings. The maximum absolute atomic E-state index is 13.1. The lowest BCUT2D eigenvalue weighted by Gasteiger charge is -2.43. The molecule has 0 radical (unpaired) electrons. The van der Waals surface area contributed by atoms with Crippen molar-refractivity contribution in [1.29, 1.82) is 0 Å². The summed E-state index contributed by atoms with van der Waals surface area (Å²) in [7, 11) is -3.74. The van der Waals surface area contributed by atoms with Crippen molar-refractivity contribution in [1.82, 2.24) is 0 Å². The van der Waals surface area contributed by atoms with E-state index in [9.17, 15) is 13.5 Å². The molecule has 0 fully saturated rings. The van der Waals surface area contributed by atoms with Crippen LogP contribution in [0.25, 0.3) is 0 Å². The summed E-state index contributed by atoms with van der Waals surface area (Å²) in [5.74, 6) is 0. The quantitative estimate of drug-likeness (QED) is 0.906. The van der Waals surface area contributed by atoms with Gasteiger partial charge >= 0.3 is 0 Å². The maximum Gasteiger partial charge on any atom is 0.264 e. The Kier molecular flexibility index (Phi) is 4.46. The molecule has 0 aliphatic carbocycles. The number of anilines is 2. The van der Waals surface area contributed by atoms with Gasteiger partial charge in [-0.3, -0.25) is 4.31 Å². The highest BCUT2D eigenvalue weighted by Gasteiger charge is 2.36. The molecule has 24 heavy (non-hydrogen) atoms. The third kappa shape index (κ3) is 2.85. The molecule has 0 spiro atoms. The van der Waals surface area contributed by atoms with Gasteiger partial charge in [0.25, 0.3) is 10.0 Å². The van der Waals surface area contributed by atoms with Gasteiger partial charge in [0.2, 0.25) is 0 Å². The first-order chi connectivity index (χ1) is 11.3. The number of aliphatic hydroxyl groups is 1. The Morgan fingerprint density at radius 1 is 1.17 bits per heavy atom. The highest BCUT2D eigenvalue weighted by atomic mass is 35.5. The van der Waals surface area contributed by atoms with E-state index in [4.69, 9.17) is 11.6 Å². The van der Waals surface area contributed by atoms with Gasteiger partial charge in [-0.2, -0.15) is 0 Å². The number of rotatable bonds is 3. The van der Waals surface area contributed by atoms with Crippen LogP contribution in [0.4, 0.5) is 11.4 Å². The molecule has 2 aromatic carbocycles. The molecule has 2 atom stereocenters. The van der Waals surface area contributed by atoms with Gasteiger partial charge in [-0.25, -0.2) is 8.42 Å². The Bertz CT molecular complexity index is 854. The predicted molar refractivity (Wildman–Crippen MR) is 96.0 cm³/mol. The van der Waals surface area contributed by atoms with E-state index in [0.717, 1.165) is 0 Å². The molecular weight excluding hydrogens is 348 g/mol. The number of hydrogen-bond acceptors (Lipinski definition) is 4. The van der Waals surface area contributed by atoms with E-state index in [1.165, 1.54) is 16.4 Å². The molecule has 5 nitrogen and oxygen atoms in total. The van der Waals surface area contributed by atoms with Crippen molar-refractivity contribution in [3.05, 3.63) is 53.6 Å². The fourth-order valence-corrected chi connectivity index (χ4v) is 4.97. The highest BCUT2D eigenvalue weighted by Crippen LogP contribution is 2.39. The van der Waals surface area contributed by atoms with E-state index in [-0.39, 0.29) is 17.5 Å². The largest absolute Gasteiger partial charge is 0.374 e. The molecule has 0 aromatic heterocycles. The van der Waals surface area contributed by atoms with Gasteiger partial charge in [0.15, 0.2) is 0 Å². The number of aliphatic hydroxyl groups excluding tert-OH is 1. The van der Waals surface area contributed by atoms with Gasteiger partial charge < -0.3 is 10.0 Å². The first-order valence-electron chi connectivity index (χ1n) is 7.66. The summed E-state index contributed by atoms with van der Waals surface area (Å²) in [5, 5.41) is 10.5. The second-order valence-electron chi connectivity index (χ2n) is 5.87. The molecule has 0 saturated carbocycles. The molecule has 1 heterocycles. The van der Waals surface area contributed by atoms with Crippen LogP contribution in [0, 0.1) is 0 Å². The molecule has 128 valence electrons. The minimum Gasteiger partial charge on any atom is -0.374 e. The van der Waals surface area contributed by atoms with Crippen molar-refractivity contribution < 1.29 is 13.5 Å². The molecular formula is C17H19ClN2O3S.